The molecule has 0 saturated heterocycles. The van der Waals surface area contributed by atoms with E-state index in [9.17, 15) is 9.59 Å². The third-order valence-corrected chi connectivity index (χ3v) is 5.32. The first-order valence-corrected chi connectivity index (χ1v) is 8.54. The maximum atomic E-state index is 13.2. The number of para-hydroxylation sites is 1. The highest BCUT2D eigenvalue weighted by atomic mass is 79.9. The van der Waals surface area contributed by atoms with E-state index in [1.54, 1.807) is 4.90 Å². The molecule has 1 spiro atoms. The molecule has 1 aliphatic carbocycles. The Kier molecular flexibility index (Phi) is 3.07. The molecule has 0 bridgehead atoms. The monoisotopic (exact) mass is 367 g/mol. The van der Waals surface area contributed by atoms with E-state index < -0.39 is 5.41 Å². The lowest BCUT2D eigenvalue weighted by atomic mass is 9.76. The number of Topliss-reactive ketones (excluding diaryl/α,β-unsaturated/α-hetero) is 1. The molecular formula is C19H14BrNO2. The molecule has 2 aromatic carbocycles. The van der Waals surface area contributed by atoms with Crippen LogP contribution in [0.1, 0.15) is 21.5 Å². The van der Waals surface area contributed by atoms with Gasteiger partial charge in [0.2, 0.25) is 5.91 Å². The lowest BCUT2D eigenvalue weighted by molar-refractivity contribution is -0.115. The lowest BCUT2D eigenvalue weighted by Gasteiger charge is -2.26. The molecule has 1 unspecified atom stereocenters. The molecule has 2 aromatic rings. The van der Waals surface area contributed by atoms with Crippen molar-refractivity contribution in [3.63, 3.8) is 0 Å². The van der Waals surface area contributed by atoms with E-state index in [0.717, 1.165) is 22.4 Å². The molecule has 23 heavy (non-hydrogen) atoms. The summed E-state index contributed by atoms with van der Waals surface area (Å²) in [5.41, 5.74) is 3.10. The highest BCUT2D eigenvalue weighted by Gasteiger charge is 2.56. The summed E-state index contributed by atoms with van der Waals surface area (Å²) in [6, 6.07) is 15.3. The molecule has 0 N–H and O–H groups in total. The molecule has 114 valence electrons. The molecule has 4 heteroatoms. The first-order valence-electron chi connectivity index (χ1n) is 7.42. The minimum absolute atomic E-state index is 0.0374. The maximum Gasteiger partial charge on any atom is 0.241 e. The topological polar surface area (TPSA) is 37.4 Å². The number of carbonyl (C=O) groups is 2. The van der Waals surface area contributed by atoms with Crippen molar-refractivity contribution < 1.29 is 9.59 Å². The number of nitrogens with zero attached hydrogens (tertiary/aromatic N) is 1. The number of carbonyl (C=O) groups excluding carboxylic acids is 2. The highest BCUT2D eigenvalue weighted by Crippen LogP contribution is 2.54. The Hall–Kier alpha value is -2.20. The summed E-state index contributed by atoms with van der Waals surface area (Å²) in [5, 5.41) is 0.192. The van der Waals surface area contributed by atoms with Crippen LogP contribution in [0.4, 0.5) is 5.69 Å². The average molecular weight is 368 g/mol. The van der Waals surface area contributed by atoms with E-state index in [0.29, 0.717) is 12.1 Å². The molecule has 3 nitrogen and oxygen atoms in total. The fourth-order valence-corrected chi connectivity index (χ4v) is 4.06. The molecule has 0 saturated carbocycles. The maximum absolute atomic E-state index is 13.2. The van der Waals surface area contributed by atoms with E-state index in [2.05, 4.69) is 22.5 Å². The largest absolute Gasteiger partial charge is 0.293 e. The second kappa shape index (κ2) is 4.90. The third-order valence-electron chi connectivity index (χ3n) is 4.84. The predicted octanol–water partition coefficient (Wildman–Crippen LogP) is 3.62. The molecular weight excluding hydrogens is 354 g/mol. The lowest BCUT2D eigenvalue weighted by Crippen LogP contribution is -2.38. The fraction of sp³-hybridized carbons (Fsp3) is 0.158. The molecule has 1 heterocycles. The van der Waals surface area contributed by atoms with E-state index in [1.165, 1.54) is 0 Å². The number of rotatable bonds is 1. The quantitative estimate of drug-likeness (QED) is 0.721. The van der Waals surface area contributed by atoms with Crippen LogP contribution in [-0.4, -0.2) is 17.0 Å². The number of halogens is 1. The number of anilines is 1. The van der Waals surface area contributed by atoms with Crippen molar-refractivity contribution in [1.82, 2.24) is 0 Å². The van der Waals surface area contributed by atoms with Gasteiger partial charge in [-0.15, -0.1) is 0 Å². The van der Waals surface area contributed by atoms with E-state index >= 15 is 0 Å². The zero-order chi connectivity index (χ0) is 16.2. The fourth-order valence-electron chi connectivity index (χ4n) is 3.81. The van der Waals surface area contributed by atoms with Gasteiger partial charge in [0.15, 0.2) is 5.78 Å². The van der Waals surface area contributed by atoms with Crippen molar-refractivity contribution in [2.24, 2.45) is 0 Å². The van der Waals surface area contributed by atoms with Crippen molar-refractivity contribution in [3.05, 3.63) is 77.5 Å². The standard InChI is InChI=1S/C19H14BrNO2/c1-12-19(10-13-6-2-3-7-14(13)18(19)23)15-8-4-5-9-16(15)21(12)17(22)11-20/h2-9H,1,10-11H2. The number of allylic oxidation sites excluding steroid dienone is 1. The second-order valence-corrected chi connectivity index (χ2v) is 6.46. The van der Waals surface area contributed by atoms with Crippen LogP contribution in [0.15, 0.2) is 60.8 Å². The van der Waals surface area contributed by atoms with Crippen LogP contribution in [0.3, 0.4) is 0 Å². The average Bonchev–Trinajstić information content (AvgIpc) is 3.02. The smallest absolute Gasteiger partial charge is 0.241 e. The van der Waals surface area contributed by atoms with Crippen LogP contribution in [0.2, 0.25) is 0 Å². The number of hydrogen-bond acceptors (Lipinski definition) is 2. The second-order valence-electron chi connectivity index (χ2n) is 5.90. The van der Waals surface area contributed by atoms with Gasteiger partial charge >= 0.3 is 0 Å². The Morgan fingerprint density at radius 2 is 1.87 bits per heavy atom. The molecule has 2 aliphatic rings. The Labute approximate surface area is 142 Å². The summed E-state index contributed by atoms with van der Waals surface area (Å²) in [7, 11) is 0. The minimum Gasteiger partial charge on any atom is -0.293 e. The van der Waals surface area contributed by atoms with Gasteiger partial charge in [-0.1, -0.05) is 65.0 Å². The van der Waals surface area contributed by atoms with Gasteiger partial charge in [-0.05, 0) is 23.6 Å². The van der Waals surface area contributed by atoms with Gasteiger partial charge in [0.05, 0.1) is 11.0 Å². The number of fused-ring (bicyclic) bond motifs is 3. The van der Waals surface area contributed by atoms with E-state index in [4.69, 9.17) is 0 Å². The SMILES string of the molecule is C=C1N(C(=O)CBr)c2ccccc2C12Cc1ccccc1C2=O. The minimum atomic E-state index is -0.849. The van der Waals surface area contributed by atoms with Crippen LogP contribution in [0.5, 0.6) is 0 Å². The van der Waals surface area contributed by atoms with Gasteiger partial charge in [-0.25, -0.2) is 0 Å². The van der Waals surface area contributed by atoms with Gasteiger partial charge < -0.3 is 0 Å². The molecule has 1 amide bonds. The highest BCUT2D eigenvalue weighted by molar-refractivity contribution is 9.09. The summed E-state index contributed by atoms with van der Waals surface area (Å²) in [6.45, 7) is 4.15. The van der Waals surface area contributed by atoms with Crippen molar-refractivity contribution in [3.8, 4) is 0 Å². The summed E-state index contributed by atoms with van der Waals surface area (Å²) in [5.74, 6) is -0.0708. The molecule has 1 atom stereocenters. The molecule has 4 rings (SSSR count). The first kappa shape index (κ1) is 14.4. The van der Waals surface area contributed by atoms with Gasteiger partial charge in [0.1, 0.15) is 5.41 Å². The Balaban J connectivity index is 1.96. The predicted molar refractivity (Wildman–Crippen MR) is 93.0 cm³/mol. The molecule has 0 radical (unpaired) electrons. The zero-order valence-corrected chi connectivity index (χ0v) is 14.0. The molecule has 1 aliphatic heterocycles. The van der Waals surface area contributed by atoms with Crippen LogP contribution >= 0.6 is 15.9 Å². The summed E-state index contributed by atoms with van der Waals surface area (Å²) >= 11 is 3.23. The van der Waals surface area contributed by atoms with Crippen molar-refractivity contribution >= 4 is 33.3 Å². The third kappa shape index (κ3) is 1.70. The number of benzene rings is 2. The summed E-state index contributed by atoms with van der Waals surface area (Å²) in [6.07, 6.45) is 0.559. The van der Waals surface area contributed by atoms with Gasteiger partial charge in [0, 0.05) is 11.3 Å². The summed E-state index contributed by atoms with van der Waals surface area (Å²) in [4.78, 5) is 27.2. The zero-order valence-electron chi connectivity index (χ0n) is 12.4. The molecule has 0 aromatic heterocycles. The Morgan fingerprint density at radius 3 is 2.61 bits per heavy atom. The Morgan fingerprint density at radius 1 is 1.17 bits per heavy atom. The van der Waals surface area contributed by atoms with Gasteiger partial charge in [-0.3, -0.25) is 14.5 Å². The van der Waals surface area contributed by atoms with E-state index in [1.807, 2.05) is 48.5 Å². The van der Waals surface area contributed by atoms with Gasteiger partial charge in [0.25, 0.3) is 0 Å². The van der Waals surface area contributed by atoms with Crippen molar-refractivity contribution in [2.45, 2.75) is 11.8 Å². The van der Waals surface area contributed by atoms with Crippen LogP contribution in [0.25, 0.3) is 0 Å². The number of hydrogen-bond donors (Lipinski definition) is 0. The Bertz CT molecular complexity index is 873. The first-order chi connectivity index (χ1) is 11.1. The normalized spacial score (nSPS) is 21.7. The van der Waals surface area contributed by atoms with E-state index in [-0.39, 0.29) is 17.0 Å². The summed E-state index contributed by atoms with van der Waals surface area (Å²) < 4.78 is 0. The number of amides is 1. The number of alkyl halides is 1. The molecule has 0 fully saturated rings. The number of ketones is 1. The van der Waals surface area contributed by atoms with Crippen LogP contribution in [-0.2, 0) is 16.6 Å². The van der Waals surface area contributed by atoms with Crippen LogP contribution in [0, 0.1) is 0 Å². The van der Waals surface area contributed by atoms with Crippen molar-refractivity contribution in [2.75, 3.05) is 10.2 Å². The van der Waals surface area contributed by atoms with Crippen LogP contribution < -0.4 is 4.90 Å². The van der Waals surface area contributed by atoms with Gasteiger partial charge in [-0.2, -0.15) is 0 Å². The van der Waals surface area contributed by atoms with Crippen molar-refractivity contribution in [1.29, 1.82) is 0 Å².